The lowest BCUT2D eigenvalue weighted by Crippen LogP contribution is -2.32. The van der Waals surface area contributed by atoms with Crippen LogP contribution in [0.25, 0.3) is 12.2 Å². The molecule has 0 atom stereocenters. The van der Waals surface area contributed by atoms with E-state index in [1.165, 1.54) is 28.1 Å². The Labute approximate surface area is 218 Å². The van der Waals surface area contributed by atoms with Crippen molar-refractivity contribution < 1.29 is 22.0 Å². The van der Waals surface area contributed by atoms with Crippen LogP contribution in [-0.2, 0) is 12.3 Å². The highest BCUT2D eigenvalue weighted by molar-refractivity contribution is 7.95. The molecule has 0 N–H and O–H groups in total. The van der Waals surface area contributed by atoms with Gasteiger partial charge in [0.1, 0.15) is 47.1 Å². The molecule has 1 heterocycles. The molecule has 190 valence electrons. The minimum absolute atomic E-state index is 0.0115. The standard InChI is InChI=1S/C31H23F4NOP/c32-29-20-24(31(33,34)35)18-16-23(29)17-19-30-36-25(21-37-30)22-38(26-10-4-1-5-11-26,27-12-6-2-7-13-27)28-14-8-3-9-15-28/h1-21H,22H2/q+1/b19-17+. The molecule has 0 spiro atoms. The van der Waals surface area contributed by atoms with Gasteiger partial charge in [-0.2, -0.15) is 13.2 Å². The van der Waals surface area contributed by atoms with Gasteiger partial charge in [0.2, 0.25) is 5.89 Å². The zero-order chi connectivity index (χ0) is 26.6. The number of hydrogen-bond acceptors (Lipinski definition) is 2. The third kappa shape index (κ3) is 5.32. The van der Waals surface area contributed by atoms with Crippen molar-refractivity contribution in [2.75, 3.05) is 0 Å². The maximum atomic E-state index is 14.3. The fourth-order valence-corrected chi connectivity index (χ4v) is 8.60. The first kappa shape index (κ1) is 25.6. The number of alkyl halides is 3. The molecule has 5 aromatic rings. The summed E-state index contributed by atoms with van der Waals surface area (Å²) in [6.07, 6.45) is 0.401. The second-order valence-corrected chi connectivity index (χ2v) is 12.2. The Hall–Kier alpha value is -4.02. The van der Waals surface area contributed by atoms with E-state index in [0.29, 0.717) is 12.2 Å². The fraction of sp³-hybridized carbons (Fsp3) is 0.0645. The van der Waals surface area contributed by atoms with Crippen LogP contribution >= 0.6 is 7.26 Å². The fourth-order valence-electron chi connectivity index (χ4n) is 4.48. The van der Waals surface area contributed by atoms with Crippen molar-refractivity contribution >= 4 is 35.3 Å². The quantitative estimate of drug-likeness (QED) is 0.160. The summed E-state index contributed by atoms with van der Waals surface area (Å²) < 4.78 is 58.5. The molecule has 2 nitrogen and oxygen atoms in total. The average molecular weight is 532 g/mol. The van der Waals surface area contributed by atoms with Crippen LogP contribution in [0.15, 0.2) is 120 Å². The van der Waals surface area contributed by atoms with Crippen molar-refractivity contribution in [1.29, 1.82) is 0 Å². The first-order valence-electron chi connectivity index (χ1n) is 11.9. The Morgan fingerprint density at radius 1 is 0.711 bits per heavy atom. The Morgan fingerprint density at radius 2 is 1.24 bits per heavy atom. The molecule has 0 saturated heterocycles. The van der Waals surface area contributed by atoms with E-state index >= 15 is 0 Å². The molecule has 0 unspecified atom stereocenters. The molecule has 1 aromatic heterocycles. The minimum Gasteiger partial charge on any atom is -0.445 e. The molecule has 0 radical (unpaired) electrons. The van der Waals surface area contributed by atoms with Gasteiger partial charge in [-0.3, -0.25) is 0 Å². The van der Waals surface area contributed by atoms with Crippen molar-refractivity contribution in [3.05, 3.63) is 144 Å². The van der Waals surface area contributed by atoms with Crippen LogP contribution < -0.4 is 15.9 Å². The Kier molecular flexibility index (Phi) is 7.26. The van der Waals surface area contributed by atoms with Crippen LogP contribution in [0.2, 0.25) is 0 Å². The van der Waals surface area contributed by atoms with E-state index in [1.807, 2.05) is 54.6 Å². The molecule has 0 fully saturated rings. The first-order chi connectivity index (χ1) is 18.4. The second-order valence-electron chi connectivity index (χ2n) is 8.72. The summed E-state index contributed by atoms with van der Waals surface area (Å²) in [6.45, 7) is 0. The van der Waals surface area contributed by atoms with E-state index in [-0.39, 0.29) is 11.5 Å². The van der Waals surface area contributed by atoms with Crippen LogP contribution in [0.1, 0.15) is 22.7 Å². The maximum Gasteiger partial charge on any atom is 0.416 e. The molecule has 0 bridgehead atoms. The largest absolute Gasteiger partial charge is 0.445 e. The van der Waals surface area contributed by atoms with E-state index in [1.54, 1.807) is 6.26 Å². The minimum atomic E-state index is -4.60. The van der Waals surface area contributed by atoms with Gasteiger partial charge in [-0.15, -0.1) is 0 Å². The van der Waals surface area contributed by atoms with Gasteiger partial charge in [-0.25, -0.2) is 9.37 Å². The van der Waals surface area contributed by atoms with Gasteiger partial charge in [0.25, 0.3) is 0 Å². The monoisotopic (exact) mass is 532 g/mol. The molecule has 4 aromatic carbocycles. The third-order valence-electron chi connectivity index (χ3n) is 6.29. The van der Waals surface area contributed by atoms with Crippen LogP contribution in [0.4, 0.5) is 17.6 Å². The van der Waals surface area contributed by atoms with Gasteiger partial charge in [-0.1, -0.05) is 60.7 Å². The topological polar surface area (TPSA) is 26.0 Å². The molecular formula is C31H23F4NOP+. The highest BCUT2D eigenvalue weighted by atomic mass is 31.2. The number of benzene rings is 4. The number of nitrogens with zero attached hydrogens (tertiary/aromatic N) is 1. The Balaban J connectivity index is 1.52. The van der Waals surface area contributed by atoms with Crippen LogP contribution in [-0.4, -0.2) is 4.98 Å². The normalized spacial score (nSPS) is 12.2. The number of rotatable bonds is 7. The van der Waals surface area contributed by atoms with Crippen molar-refractivity contribution in [2.24, 2.45) is 0 Å². The summed E-state index contributed by atoms with van der Waals surface area (Å²) in [4.78, 5) is 4.65. The molecule has 0 aliphatic rings. The number of halogens is 4. The predicted octanol–water partition coefficient (Wildman–Crippen LogP) is 7.50. The summed E-state index contributed by atoms with van der Waals surface area (Å²) in [5, 5.41) is 3.60. The molecule has 0 aliphatic heterocycles. The SMILES string of the molecule is Fc1cc(C(F)(F)F)ccc1/C=C/c1nc(C[P+](c2ccccc2)(c2ccccc2)c2ccccc2)co1. The summed E-state index contributed by atoms with van der Waals surface area (Å²) in [5.41, 5.74) is -0.298. The van der Waals surface area contributed by atoms with Crippen molar-refractivity contribution in [2.45, 2.75) is 12.3 Å². The van der Waals surface area contributed by atoms with Crippen LogP contribution in [0, 0.1) is 5.82 Å². The van der Waals surface area contributed by atoms with Gasteiger partial charge in [-0.05, 0) is 54.6 Å². The van der Waals surface area contributed by atoms with Crippen LogP contribution in [0.3, 0.4) is 0 Å². The molecular weight excluding hydrogens is 509 g/mol. The van der Waals surface area contributed by atoms with E-state index in [9.17, 15) is 17.6 Å². The molecule has 0 amide bonds. The number of aromatic nitrogens is 1. The Morgan fingerprint density at radius 3 is 1.71 bits per heavy atom. The summed E-state index contributed by atoms with van der Waals surface area (Å²) in [5.74, 6) is -0.725. The van der Waals surface area contributed by atoms with Gasteiger partial charge in [0.15, 0.2) is 0 Å². The first-order valence-corrected chi connectivity index (χ1v) is 13.9. The van der Waals surface area contributed by atoms with Crippen LogP contribution in [0.5, 0.6) is 0 Å². The smallest absolute Gasteiger partial charge is 0.416 e. The number of hydrogen-bond donors (Lipinski definition) is 0. The lowest BCUT2D eigenvalue weighted by atomic mass is 10.1. The lowest BCUT2D eigenvalue weighted by Gasteiger charge is -2.26. The van der Waals surface area contributed by atoms with E-state index < -0.39 is 24.8 Å². The van der Waals surface area contributed by atoms with Gasteiger partial charge in [0, 0.05) is 11.6 Å². The predicted molar refractivity (Wildman–Crippen MR) is 146 cm³/mol. The third-order valence-corrected chi connectivity index (χ3v) is 10.6. The molecule has 0 saturated carbocycles. The summed E-state index contributed by atoms with van der Waals surface area (Å²) >= 11 is 0. The van der Waals surface area contributed by atoms with E-state index in [0.717, 1.165) is 17.8 Å². The van der Waals surface area contributed by atoms with Crippen molar-refractivity contribution in [1.82, 2.24) is 4.98 Å². The summed E-state index contributed by atoms with van der Waals surface area (Å²) in [7, 11) is -2.18. The molecule has 0 aliphatic carbocycles. The van der Waals surface area contributed by atoms with Gasteiger partial charge < -0.3 is 4.42 Å². The average Bonchev–Trinajstić information content (AvgIpc) is 3.39. The van der Waals surface area contributed by atoms with Crippen molar-refractivity contribution in [3.8, 4) is 0 Å². The highest BCUT2D eigenvalue weighted by Crippen LogP contribution is 2.58. The highest BCUT2D eigenvalue weighted by Gasteiger charge is 2.46. The zero-order valence-corrected chi connectivity index (χ0v) is 21.0. The summed E-state index contributed by atoms with van der Waals surface area (Å²) in [6, 6.07) is 33.5. The zero-order valence-electron chi connectivity index (χ0n) is 20.1. The lowest BCUT2D eigenvalue weighted by molar-refractivity contribution is -0.137. The van der Waals surface area contributed by atoms with Gasteiger partial charge in [0.05, 0.1) is 5.56 Å². The molecule has 5 rings (SSSR count). The number of oxazole rings is 1. The van der Waals surface area contributed by atoms with E-state index in [4.69, 9.17) is 4.42 Å². The molecule has 7 heteroatoms. The second kappa shape index (κ2) is 10.8. The van der Waals surface area contributed by atoms with E-state index in [2.05, 4.69) is 41.4 Å². The Bertz CT molecular complexity index is 1430. The van der Waals surface area contributed by atoms with Gasteiger partial charge >= 0.3 is 6.18 Å². The van der Waals surface area contributed by atoms with Crippen molar-refractivity contribution in [3.63, 3.8) is 0 Å². The maximum absolute atomic E-state index is 14.3. The molecule has 38 heavy (non-hydrogen) atoms.